The first-order valence-electron chi connectivity index (χ1n) is 5.12. The van der Waals surface area contributed by atoms with Crippen LogP contribution in [-0.2, 0) is 6.54 Å². The van der Waals surface area contributed by atoms with Crippen molar-refractivity contribution in [1.82, 2.24) is 5.32 Å². The maximum atomic E-state index is 9.16. The zero-order valence-corrected chi connectivity index (χ0v) is 10.9. The Balaban J connectivity index is 2.34. The van der Waals surface area contributed by atoms with Crippen LogP contribution in [-0.4, -0.2) is 29.8 Å². The predicted molar refractivity (Wildman–Crippen MR) is 69.7 cm³/mol. The highest BCUT2D eigenvalue weighted by Gasteiger charge is 2.07. The van der Waals surface area contributed by atoms with Gasteiger partial charge in [-0.3, -0.25) is 0 Å². The third-order valence-electron chi connectivity index (χ3n) is 2.23. The summed E-state index contributed by atoms with van der Waals surface area (Å²) in [5.74, 6) is 1.05. The Kier molecular flexibility index (Phi) is 6.50. The lowest BCUT2D eigenvalue weighted by Crippen LogP contribution is -2.32. The topological polar surface area (TPSA) is 56.0 Å². The van der Waals surface area contributed by atoms with Crippen LogP contribution in [0.2, 0.25) is 0 Å². The molecule has 1 rings (SSSR count). The molecule has 0 aliphatic heterocycles. The van der Waals surface area contributed by atoms with Gasteiger partial charge in [-0.05, 0) is 30.6 Å². The molecule has 0 spiro atoms. The van der Waals surface area contributed by atoms with Crippen LogP contribution in [0.4, 0.5) is 0 Å². The maximum absolute atomic E-state index is 9.16. The molecule has 0 saturated carbocycles. The van der Waals surface area contributed by atoms with E-state index in [1.165, 1.54) is 11.3 Å². The quantitative estimate of drug-likeness (QED) is 0.781. The van der Waals surface area contributed by atoms with Crippen molar-refractivity contribution in [1.29, 1.82) is 5.26 Å². The van der Waals surface area contributed by atoms with Crippen molar-refractivity contribution >= 4 is 23.1 Å². The van der Waals surface area contributed by atoms with Crippen molar-refractivity contribution in [2.45, 2.75) is 19.0 Å². The average molecular weight is 256 g/mol. The van der Waals surface area contributed by atoms with Crippen LogP contribution in [0.15, 0.2) is 12.1 Å². The molecule has 3 nitrogen and oxygen atoms in total. The molecule has 1 aromatic heterocycles. The number of hydrogen-bond acceptors (Lipinski definition) is 5. The fraction of sp³-hybridized carbons (Fsp3) is 0.545. The molecule has 1 unspecified atom stereocenters. The first-order valence-corrected chi connectivity index (χ1v) is 7.33. The van der Waals surface area contributed by atoms with Gasteiger partial charge in [-0.2, -0.15) is 17.0 Å². The summed E-state index contributed by atoms with van der Waals surface area (Å²) in [7, 11) is 0. The third-order valence-corrected chi connectivity index (χ3v) is 3.86. The van der Waals surface area contributed by atoms with Crippen LogP contribution < -0.4 is 5.32 Å². The number of aliphatic hydroxyl groups is 1. The second-order valence-electron chi connectivity index (χ2n) is 3.42. The van der Waals surface area contributed by atoms with E-state index in [0.717, 1.165) is 28.5 Å². The Bertz CT molecular complexity index is 346. The van der Waals surface area contributed by atoms with Gasteiger partial charge >= 0.3 is 0 Å². The van der Waals surface area contributed by atoms with Crippen LogP contribution in [0.1, 0.15) is 16.2 Å². The molecule has 0 bridgehead atoms. The lowest BCUT2D eigenvalue weighted by atomic mass is 10.2. The molecule has 0 aromatic carbocycles. The number of nitriles is 1. The number of aliphatic hydroxyl groups excluding tert-OH is 1. The number of thiophene rings is 1. The minimum absolute atomic E-state index is 0.153. The molecule has 1 atom stereocenters. The molecular weight excluding hydrogens is 240 g/mol. The zero-order chi connectivity index (χ0) is 11.8. The van der Waals surface area contributed by atoms with E-state index >= 15 is 0 Å². The minimum Gasteiger partial charge on any atom is -0.395 e. The monoisotopic (exact) mass is 256 g/mol. The third kappa shape index (κ3) is 4.54. The number of nitrogens with zero attached hydrogens (tertiary/aromatic N) is 1. The highest BCUT2D eigenvalue weighted by atomic mass is 32.2. The lowest BCUT2D eigenvalue weighted by Gasteiger charge is -2.14. The number of hydrogen-bond donors (Lipinski definition) is 2. The first kappa shape index (κ1) is 13.5. The Morgan fingerprint density at radius 3 is 3.00 bits per heavy atom. The second kappa shape index (κ2) is 7.69. The number of rotatable bonds is 7. The highest BCUT2D eigenvalue weighted by molar-refractivity contribution is 7.98. The van der Waals surface area contributed by atoms with Gasteiger partial charge in [-0.15, -0.1) is 11.3 Å². The largest absolute Gasteiger partial charge is 0.395 e. The van der Waals surface area contributed by atoms with Gasteiger partial charge in [0.1, 0.15) is 10.9 Å². The summed E-state index contributed by atoms with van der Waals surface area (Å²) in [6, 6.07) is 6.06. The summed E-state index contributed by atoms with van der Waals surface area (Å²) in [5.41, 5.74) is 0. The summed E-state index contributed by atoms with van der Waals surface area (Å²) in [6.45, 7) is 0.892. The molecule has 0 saturated heterocycles. The van der Waals surface area contributed by atoms with E-state index in [1.807, 2.05) is 12.1 Å². The van der Waals surface area contributed by atoms with Crippen LogP contribution >= 0.6 is 23.1 Å². The Hall–Kier alpha value is -0.540. The molecule has 2 N–H and O–H groups in total. The summed E-state index contributed by atoms with van der Waals surface area (Å²) < 4.78 is 0. The average Bonchev–Trinajstić information content (AvgIpc) is 2.77. The maximum Gasteiger partial charge on any atom is 0.110 e. The summed E-state index contributed by atoms with van der Waals surface area (Å²) in [5, 5.41) is 21.1. The van der Waals surface area contributed by atoms with E-state index in [1.54, 1.807) is 11.8 Å². The summed E-state index contributed by atoms with van der Waals surface area (Å²) >= 11 is 3.28. The minimum atomic E-state index is 0.153. The number of nitrogens with one attached hydrogen (secondary N) is 1. The van der Waals surface area contributed by atoms with Gasteiger partial charge in [0, 0.05) is 17.5 Å². The SMILES string of the molecule is CSCCC(CO)NCc1ccc(C#N)s1. The van der Waals surface area contributed by atoms with Gasteiger partial charge in [0.05, 0.1) is 6.61 Å². The molecule has 0 amide bonds. The standard InChI is InChI=1S/C11H16N2OS2/c1-15-5-4-9(8-14)13-7-11-3-2-10(6-12)16-11/h2-3,9,13-14H,4-5,7-8H2,1H3. The van der Waals surface area contributed by atoms with Gasteiger partial charge in [0.2, 0.25) is 0 Å². The number of thioether (sulfide) groups is 1. The van der Waals surface area contributed by atoms with Crippen LogP contribution in [0.3, 0.4) is 0 Å². The van der Waals surface area contributed by atoms with E-state index in [9.17, 15) is 0 Å². The van der Waals surface area contributed by atoms with Crippen molar-refractivity contribution in [3.05, 3.63) is 21.9 Å². The molecule has 0 fully saturated rings. The smallest absolute Gasteiger partial charge is 0.110 e. The van der Waals surface area contributed by atoms with Gasteiger partial charge in [-0.25, -0.2) is 0 Å². The van der Waals surface area contributed by atoms with Crippen molar-refractivity contribution in [3.63, 3.8) is 0 Å². The molecule has 0 radical (unpaired) electrons. The zero-order valence-electron chi connectivity index (χ0n) is 9.27. The van der Waals surface area contributed by atoms with E-state index < -0.39 is 0 Å². The van der Waals surface area contributed by atoms with Gasteiger partial charge in [0.25, 0.3) is 0 Å². The van der Waals surface area contributed by atoms with Crippen molar-refractivity contribution in [2.75, 3.05) is 18.6 Å². The van der Waals surface area contributed by atoms with Crippen molar-refractivity contribution in [2.24, 2.45) is 0 Å². The fourth-order valence-electron chi connectivity index (χ4n) is 1.30. The summed E-state index contributed by atoms with van der Waals surface area (Å²) in [4.78, 5) is 1.88. The molecule has 5 heteroatoms. The van der Waals surface area contributed by atoms with Crippen LogP contribution in [0.5, 0.6) is 0 Å². The molecule has 16 heavy (non-hydrogen) atoms. The molecule has 0 aliphatic carbocycles. The summed E-state index contributed by atoms with van der Waals surface area (Å²) in [6.07, 6.45) is 3.03. The molecule has 1 heterocycles. The lowest BCUT2D eigenvalue weighted by molar-refractivity contribution is 0.239. The first-order chi connectivity index (χ1) is 7.80. The Labute approximate surface area is 104 Å². The van der Waals surface area contributed by atoms with E-state index in [0.29, 0.717) is 0 Å². The fourth-order valence-corrected chi connectivity index (χ4v) is 2.57. The highest BCUT2D eigenvalue weighted by Crippen LogP contribution is 2.15. The Morgan fingerprint density at radius 2 is 2.44 bits per heavy atom. The molecule has 0 aliphatic rings. The van der Waals surface area contributed by atoms with Gasteiger partial charge in [-0.1, -0.05) is 0 Å². The van der Waals surface area contributed by atoms with Crippen molar-refractivity contribution < 1.29 is 5.11 Å². The normalized spacial score (nSPS) is 12.3. The van der Waals surface area contributed by atoms with Crippen LogP contribution in [0.25, 0.3) is 0 Å². The van der Waals surface area contributed by atoms with E-state index in [-0.39, 0.29) is 12.6 Å². The van der Waals surface area contributed by atoms with Crippen LogP contribution in [0, 0.1) is 11.3 Å². The van der Waals surface area contributed by atoms with E-state index in [2.05, 4.69) is 17.6 Å². The Morgan fingerprint density at radius 1 is 1.62 bits per heavy atom. The van der Waals surface area contributed by atoms with Gasteiger partial charge in [0.15, 0.2) is 0 Å². The molecule has 1 aromatic rings. The molecule has 88 valence electrons. The predicted octanol–water partition coefficient (Wildman–Crippen LogP) is 1.82. The van der Waals surface area contributed by atoms with Gasteiger partial charge < -0.3 is 10.4 Å². The van der Waals surface area contributed by atoms with Crippen molar-refractivity contribution in [3.8, 4) is 6.07 Å². The molecular formula is C11H16N2OS2. The second-order valence-corrected chi connectivity index (χ2v) is 5.57. The van der Waals surface area contributed by atoms with E-state index in [4.69, 9.17) is 10.4 Å².